The van der Waals surface area contributed by atoms with E-state index < -0.39 is 0 Å². The zero-order valence-corrected chi connectivity index (χ0v) is 14.8. The van der Waals surface area contributed by atoms with E-state index in [1.807, 2.05) is 19.1 Å². The molecule has 1 aromatic carbocycles. The molecule has 0 bridgehead atoms. The SMILES string of the molecule is COCCOc1ccc(C(C)NC(=O)Nc2cc(C)on2)cc1OC. The first-order chi connectivity index (χ1) is 12.0. The summed E-state index contributed by atoms with van der Waals surface area (Å²) >= 11 is 0. The average Bonchev–Trinajstić information content (AvgIpc) is 2.99. The second-order valence-electron chi connectivity index (χ2n) is 5.39. The smallest absolute Gasteiger partial charge is 0.320 e. The summed E-state index contributed by atoms with van der Waals surface area (Å²) in [5, 5.41) is 9.16. The van der Waals surface area contributed by atoms with Crippen molar-refractivity contribution in [2.24, 2.45) is 0 Å². The van der Waals surface area contributed by atoms with Crippen molar-refractivity contribution in [2.75, 3.05) is 32.8 Å². The first-order valence-corrected chi connectivity index (χ1v) is 7.84. The van der Waals surface area contributed by atoms with Crippen LogP contribution in [0.2, 0.25) is 0 Å². The number of nitrogens with one attached hydrogen (secondary N) is 2. The van der Waals surface area contributed by atoms with E-state index in [2.05, 4.69) is 15.8 Å². The molecule has 0 radical (unpaired) electrons. The van der Waals surface area contributed by atoms with Crippen molar-refractivity contribution in [3.05, 3.63) is 35.6 Å². The van der Waals surface area contributed by atoms with Gasteiger partial charge >= 0.3 is 6.03 Å². The summed E-state index contributed by atoms with van der Waals surface area (Å²) < 4.78 is 20.8. The summed E-state index contributed by atoms with van der Waals surface area (Å²) in [5.41, 5.74) is 0.877. The molecule has 2 rings (SSSR count). The minimum absolute atomic E-state index is 0.241. The van der Waals surface area contributed by atoms with Crippen LogP contribution in [-0.2, 0) is 4.74 Å². The monoisotopic (exact) mass is 349 g/mol. The fourth-order valence-electron chi connectivity index (χ4n) is 2.17. The largest absolute Gasteiger partial charge is 0.493 e. The first kappa shape index (κ1) is 18.6. The number of hydrogen-bond donors (Lipinski definition) is 2. The van der Waals surface area contributed by atoms with Gasteiger partial charge in [-0.2, -0.15) is 0 Å². The van der Waals surface area contributed by atoms with E-state index >= 15 is 0 Å². The van der Waals surface area contributed by atoms with Crippen LogP contribution in [0.4, 0.5) is 10.6 Å². The highest BCUT2D eigenvalue weighted by Crippen LogP contribution is 2.30. The lowest BCUT2D eigenvalue weighted by atomic mass is 10.1. The Kier molecular flexibility index (Phi) is 6.64. The summed E-state index contributed by atoms with van der Waals surface area (Å²) in [6.07, 6.45) is 0. The van der Waals surface area contributed by atoms with E-state index in [1.165, 1.54) is 0 Å². The molecule has 1 unspecified atom stereocenters. The normalized spacial score (nSPS) is 11.7. The second kappa shape index (κ2) is 8.93. The number of aryl methyl sites for hydroxylation is 1. The molecule has 1 aromatic heterocycles. The van der Waals surface area contributed by atoms with Crippen molar-refractivity contribution < 1.29 is 23.5 Å². The van der Waals surface area contributed by atoms with Crippen LogP contribution in [0.1, 0.15) is 24.3 Å². The highest BCUT2D eigenvalue weighted by Gasteiger charge is 2.14. The van der Waals surface area contributed by atoms with Gasteiger partial charge in [0.15, 0.2) is 17.3 Å². The Morgan fingerprint density at radius 3 is 2.68 bits per heavy atom. The van der Waals surface area contributed by atoms with Crippen LogP contribution in [0.3, 0.4) is 0 Å². The molecule has 136 valence electrons. The predicted octanol–water partition coefficient (Wildman–Crippen LogP) is 2.90. The number of aromatic nitrogens is 1. The van der Waals surface area contributed by atoms with Gasteiger partial charge in [0.1, 0.15) is 12.4 Å². The minimum atomic E-state index is -0.375. The van der Waals surface area contributed by atoms with Crippen molar-refractivity contribution in [1.29, 1.82) is 0 Å². The second-order valence-corrected chi connectivity index (χ2v) is 5.39. The van der Waals surface area contributed by atoms with Crippen LogP contribution in [0.25, 0.3) is 0 Å². The Balaban J connectivity index is 1.98. The Hall–Kier alpha value is -2.74. The van der Waals surface area contributed by atoms with E-state index in [0.717, 1.165) is 5.56 Å². The van der Waals surface area contributed by atoms with Gasteiger partial charge in [-0.3, -0.25) is 5.32 Å². The Morgan fingerprint density at radius 2 is 2.04 bits per heavy atom. The van der Waals surface area contributed by atoms with Crippen molar-refractivity contribution in [3.63, 3.8) is 0 Å². The lowest BCUT2D eigenvalue weighted by molar-refractivity contribution is 0.144. The minimum Gasteiger partial charge on any atom is -0.493 e. The van der Waals surface area contributed by atoms with E-state index in [-0.39, 0.29) is 12.1 Å². The number of nitrogens with zero attached hydrogens (tertiary/aromatic N) is 1. The van der Waals surface area contributed by atoms with Gasteiger partial charge in [-0.15, -0.1) is 0 Å². The molecular weight excluding hydrogens is 326 g/mol. The molecule has 1 atom stereocenters. The first-order valence-electron chi connectivity index (χ1n) is 7.84. The number of benzene rings is 1. The Bertz CT molecular complexity index is 701. The molecule has 0 fully saturated rings. The molecule has 0 aliphatic rings. The molecule has 8 nitrogen and oxygen atoms in total. The zero-order chi connectivity index (χ0) is 18.2. The lowest BCUT2D eigenvalue weighted by Gasteiger charge is -2.17. The molecule has 2 N–H and O–H groups in total. The summed E-state index contributed by atoms with van der Waals surface area (Å²) in [6.45, 7) is 4.54. The fraction of sp³-hybridized carbons (Fsp3) is 0.412. The number of amides is 2. The fourth-order valence-corrected chi connectivity index (χ4v) is 2.17. The van der Waals surface area contributed by atoms with Gasteiger partial charge in [-0.25, -0.2) is 4.79 Å². The number of hydrogen-bond acceptors (Lipinski definition) is 6. The molecule has 2 amide bonds. The number of carbonyl (C=O) groups is 1. The van der Waals surface area contributed by atoms with E-state index in [0.29, 0.717) is 36.3 Å². The maximum atomic E-state index is 12.0. The summed E-state index contributed by atoms with van der Waals surface area (Å²) in [7, 11) is 3.18. The number of anilines is 1. The Labute approximate surface area is 146 Å². The van der Waals surface area contributed by atoms with Gasteiger partial charge in [-0.1, -0.05) is 11.2 Å². The van der Waals surface area contributed by atoms with Crippen LogP contribution < -0.4 is 20.1 Å². The number of ether oxygens (including phenoxy) is 3. The highest BCUT2D eigenvalue weighted by molar-refractivity contribution is 5.88. The van der Waals surface area contributed by atoms with Crippen LogP contribution in [-0.4, -0.2) is 38.6 Å². The molecule has 0 saturated carbocycles. The van der Waals surface area contributed by atoms with Gasteiger partial charge < -0.3 is 24.1 Å². The topological polar surface area (TPSA) is 94.9 Å². The standard InChI is InChI=1S/C17H23N3O5/c1-11-9-16(20-25-11)19-17(21)18-12(2)13-5-6-14(15(10-13)23-4)24-8-7-22-3/h5-6,9-10,12H,7-8H2,1-4H3,(H2,18,19,20,21). The third kappa shape index (κ3) is 5.39. The van der Waals surface area contributed by atoms with Gasteiger partial charge in [0, 0.05) is 13.2 Å². The van der Waals surface area contributed by atoms with Gasteiger partial charge in [0.05, 0.1) is 19.8 Å². The van der Waals surface area contributed by atoms with Crippen molar-refractivity contribution >= 4 is 11.8 Å². The summed E-state index contributed by atoms with van der Waals surface area (Å²) in [6, 6.07) is 6.53. The van der Waals surface area contributed by atoms with Gasteiger partial charge in [0.2, 0.25) is 0 Å². The zero-order valence-electron chi connectivity index (χ0n) is 14.8. The summed E-state index contributed by atoms with van der Waals surface area (Å²) in [4.78, 5) is 12.0. The van der Waals surface area contributed by atoms with Crippen molar-refractivity contribution in [1.82, 2.24) is 10.5 Å². The third-order valence-corrected chi connectivity index (χ3v) is 3.45. The van der Waals surface area contributed by atoms with Crippen LogP contribution in [0.5, 0.6) is 11.5 Å². The van der Waals surface area contributed by atoms with Gasteiger partial charge in [0.25, 0.3) is 0 Å². The van der Waals surface area contributed by atoms with Gasteiger partial charge in [-0.05, 0) is 31.5 Å². The van der Waals surface area contributed by atoms with Crippen LogP contribution in [0.15, 0.2) is 28.8 Å². The quantitative estimate of drug-likeness (QED) is 0.712. The molecule has 0 aliphatic heterocycles. The van der Waals surface area contributed by atoms with Crippen molar-refractivity contribution in [3.8, 4) is 11.5 Å². The molecule has 8 heteroatoms. The lowest BCUT2D eigenvalue weighted by Crippen LogP contribution is -2.31. The molecular formula is C17H23N3O5. The molecule has 25 heavy (non-hydrogen) atoms. The van der Waals surface area contributed by atoms with Crippen LogP contribution in [0, 0.1) is 6.92 Å². The molecule has 0 spiro atoms. The average molecular weight is 349 g/mol. The maximum absolute atomic E-state index is 12.0. The number of urea groups is 1. The highest BCUT2D eigenvalue weighted by atomic mass is 16.5. The van der Waals surface area contributed by atoms with Crippen LogP contribution >= 0.6 is 0 Å². The number of carbonyl (C=O) groups excluding carboxylic acids is 1. The van der Waals surface area contributed by atoms with E-state index in [4.69, 9.17) is 18.7 Å². The summed E-state index contributed by atoms with van der Waals surface area (Å²) in [5.74, 6) is 2.20. The third-order valence-electron chi connectivity index (χ3n) is 3.45. The molecule has 0 aliphatic carbocycles. The molecule has 1 heterocycles. The van der Waals surface area contributed by atoms with Crippen molar-refractivity contribution in [2.45, 2.75) is 19.9 Å². The maximum Gasteiger partial charge on any atom is 0.320 e. The molecule has 0 saturated heterocycles. The Morgan fingerprint density at radius 1 is 1.24 bits per heavy atom. The van der Waals surface area contributed by atoms with E-state index in [9.17, 15) is 4.79 Å². The number of methoxy groups -OCH3 is 2. The predicted molar refractivity (Wildman–Crippen MR) is 92.2 cm³/mol. The number of rotatable bonds is 8. The van der Waals surface area contributed by atoms with E-state index in [1.54, 1.807) is 33.3 Å². The molecule has 2 aromatic rings.